The van der Waals surface area contributed by atoms with Gasteiger partial charge in [0.1, 0.15) is 0 Å². The summed E-state index contributed by atoms with van der Waals surface area (Å²) >= 11 is 0. The molecule has 1 rings (SSSR count). The molecular formula is C9H17NO2. The minimum atomic E-state index is 0.0640. The van der Waals surface area contributed by atoms with Crippen molar-refractivity contribution in [1.82, 2.24) is 5.32 Å². The molecule has 1 N–H and O–H groups in total. The normalized spacial score (nSPS) is 29.8. The SMILES string of the molecule is CC(=O)NCC1CCOC(C)C1. The van der Waals surface area contributed by atoms with Gasteiger partial charge in [-0.05, 0) is 25.7 Å². The Kier molecular flexibility index (Phi) is 3.53. The minimum Gasteiger partial charge on any atom is -0.378 e. The molecule has 0 bridgehead atoms. The second-order valence-corrected chi connectivity index (χ2v) is 3.51. The number of carbonyl (C=O) groups excluding carboxylic acids is 1. The monoisotopic (exact) mass is 171 g/mol. The van der Waals surface area contributed by atoms with Crippen LogP contribution in [0.1, 0.15) is 26.7 Å². The van der Waals surface area contributed by atoms with Gasteiger partial charge in [0.05, 0.1) is 6.10 Å². The van der Waals surface area contributed by atoms with Gasteiger partial charge in [0, 0.05) is 20.1 Å². The van der Waals surface area contributed by atoms with E-state index in [-0.39, 0.29) is 5.91 Å². The number of amides is 1. The van der Waals surface area contributed by atoms with Crippen molar-refractivity contribution in [3.8, 4) is 0 Å². The molecule has 1 saturated heterocycles. The van der Waals surface area contributed by atoms with Crippen LogP contribution in [0.4, 0.5) is 0 Å². The van der Waals surface area contributed by atoms with Gasteiger partial charge in [-0.25, -0.2) is 0 Å². The van der Waals surface area contributed by atoms with E-state index in [1.807, 2.05) is 0 Å². The van der Waals surface area contributed by atoms with Crippen molar-refractivity contribution in [3.05, 3.63) is 0 Å². The fourth-order valence-electron chi connectivity index (χ4n) is 1.56. The van der Waals surface area contributed by atoms with Crippen molar-refractivity contribution in [1.29, 1.82) is 0 Å². The molecule has 0 saturated carbocycles. The second-order valence-electron chi connectivity index (χ2n) is 3.51. The summed E-state index contributed by atoms with van der Waals surface area (Å²) in [7, 11) is 0. The van der Waals surface area contributed by atoms with Crippen LogP contribution in [0, 0.1) is 5.92 Å². The van der Waals surface area contributed by atoms with Gasteiger partial charge in [-0.1, -0.05) is 0 Å². The zero-order chi connectivity index (χ0) is 8.97. The Labute approximate surface area is 73.5 Å². The van der Waals surface area contributed by atoms with Crippen LogP contribution in [-0.4, -0.2) is 25.2 Å². The third kappa shape index (κ3) is 3.22. The van der Waals surface area contributed by atoms with Crippen LogP contribution < -0.4 is 5.32 Å². The Morgan fingerprint density at radius 1 is 1.67 bits per heavy atom. The first-order valence-corrected chi connectivity index (χ1v) is 4.54. The quantitative estimate of drug-likeness (QED) is 0.671. The molecule has 0 spiro atoms. The lowest BCUT2D eigenvalue weighted by atomic mass is 9.96. The molecule has 0 aromatic carbocycles. The van der Waals surface area contributed by atoms with Crippen LogP contribution >= 0.6 is 0 Å². The standard InChI is InChI=1S/C9H17NO2/c1-7-5-9(3-4-12-7)6-10-8(2)11/h7,9H,3-6H2,1-2H3,(H,10,11). The van der Waals surface area contributed by atoms with Crippen LogP contribution in [0.2, 0.25) is 0 Å². The Balaban J connectivity index is 2.18. The highest BCUT2D eigenvalue weighted by Gasteiger charge is 2.18. The summed E-state index contributed by atoms with van der Waals surface area (Å²) in [5.41, 5.74) is 0. The van der Waals surface area contributed by atoms with E-state index in [1.54, 1.807) is 6.92 Å². The molecule has 2 unspecified atom stereocenters. The molecular weight excluding hydrogens is 154 g/mol. The maximum Gasteiger partial charge on any atom is 0.216 e. The lowest BCUT2D eigenvalue weighted by Gasteiger charge is -2.27. The molecule has 0 aliphatic carbocycles. The van der Waals surface area contributed by atoms with Gasteiger partial charge in [-0.3, -0.25) is 4.79 Å². The molecule has 3 heteroatoms. The molecule has 0 radical (unpaired) electrons. The zero-order valence-electron chi connectivity index (χ0n) is 7.80. The van der Waals surface area contributed by atoms with E-state index < -0.39 is 0 Å². The third-order valence-corrected chi connectivity index (χ3v) is 2.23. The summed E-state index contributed by atoms with van der Waals surface area (Å²) in [4.78, 5) is 10.6. The zero-order valence-corrected chi connectivity index (χ0v) is 7.80. The van der Waals surface area contributed by atoms with Gasteiger partial charge in [0.25, 0.3) is 0 Å². The average molecular weight is 171 g/mol. The van der Waals surface area contributed by atoms with E-state index in [2.05, 4.69) is 12.2 Å². The first kappa shape index (κ1) is 9.52. The van der Waals surface area contributed by atoms with E-state index in [1.165, 1.54) is 0 Å². The largest absolute Gasteiger partial charge is 0.378 e. The molecule has 3 nitrogen and oxygen atoms in total. The summed E-state index contributed by atoms with van der Waals surface area (Å²) in [6.07, 6.45) is 2.50. The van der Waals surface area contributed by atoms with Crippen LogP contribution in [0.15, 0.2) is 0 Å². The summed E-state index contributed by atoms with van der Waals surface area (Å²) < 4.78 is 5.40. The molecule has 12 heavy (non-hydrogen) atoms. The van der Waals surface area contributed by atoms with Crippen molar-refractivity contribution in [2.24, 2.45) is 5.92 Å². The maximum absolute atomic E-state index is 10.6. The van der Waals surface area contributed by atoms with Crippen LogP contribution in [0.25, 0.3) is 0 Å². The maximum atomic E-state index is 10.6. The van der Waals surface area contributed by atoms with Crippen molar-refractivity contribution in [2.45, 2.75) is 32.8 Å². The Bertz CT molecular complexity index is 159. The number of rotatable bonds is 2. The highest BCUT2D eigenvalue weighted by Crippen LogP contribution is 2.18. The summed E-state index contributed by atoms with van der Waals surface area (Å²) in [5, 5.41) is 2.84. The molecule has 1 aliphatic rings. The summed E-state index contributed by atoms with van der Waals surface area (Å²) in [6.45, 7) is 5.29. The van der Waals surface area contributed by atoms with Crippen molar-refractivity contribution in [2.75, 3.05) is 13.2 Å². The smallest absolute Gasteiger partial charge is 0.216 e. The van der Waals surface area contributed by atoms with E-state index in [0.29, 0.717) is 12.0 Å². The summed E-state index contributed by atoms with van der Waals surface area (Å²) in [5.74, 6) is 0.673. The predicted octanol–water partition coefficient (Wildman–Crippen LogP) is 0.938. The van der Waals surface area contributed by atoms with Gasteiger partial charge in [0.2, 0.25) is 5.91 Å². The van der Waals surface area contributed by atoms with E-state index >= 15 is 0 Å². The molecule has 1 heterocycles. The molecule has 2 atom stereocenters. The number of ether oxygens (including phenoxy) is 1. The first-order chi connectivity index (χ1) is 5.68. The first-order valence-electron chi connectivity index (χ1n) is 4.54. The van der Waals surface area contributed by atoms with Gasteiger partial charge in [-0.2, -0.15) is 0 Å². The lowest BCUT2D eigenvalue weighted by molar-refractivity contribution is -0.119. The molecule has 70 valence electrons. The minimum absolute atomic E-state index is 0.0640. The predicted molar refractivity (Wildman–Crippen MR) is 46.8 cm³/mol. The highest BCUT2D eigenvalue weighted by molar-refractivity contribution is 5.72. The fraction of sp³-hybridized carbons (Fsp3) is 0.889. The number of hydrogen-bond acceptors (Lipinski definition) is 2. The Morgan fingerprint density at radius 2 is 2.42 bits per heavy atom. The molecule has 0 aromatic rings. The molecule has 1 amide bonds. The number of carbonyl (C=O) groups is 1. The van der Waals surface area contributed by atoms with Crippen molar-refractivity contribution < 1.29 is 9.53 Å². The van der Waals surface area contributed by atoms with Crippen molar-refractivity contribution in [3.63, 3.8) is 0 Å². The van der Waals surface area contributed by atoms with Gasteiger partial charge >= 0.3 is 0 Å². The van der Waals surface area contributed by atoms with E-state index in [4.69, 9.17) is 4.74 Å². The Morgan fingerprint density at radius 3 is 3.00 bits per heavy atom. The van der Waals surface area contributed by atoms with Crippen LogP contribution in [0.3, 0.4) is 0 Å². The number of hydrogen-bond donors (Lipinski definition) is 1. The van der Waals surface area contributed by atoms with E-state index in [0.717, 1.165) is 26.0 Å². The van der Waals surface area contributed by atoms with Crippen LogP contribution in [-0.2, 0) is 9.53 Å². The van der Waals surface area contributed by atoms with Gasteiger partial charge in [0.15, 0.2) is 0 Å². The Hall–Kier alpha value is -0.570. The third-order valence-electron chi connectivity index (χ3n) is 2.23. The summed E-state index contributed by atoms with van der Waals surface area (Å²) in [6, 6.07) is 0. The second kappa shape index (κ2) is 4.45. The molecule has 1 aliphatic heterocycles. The van der Waals surface area contributed by atoms with Crippen molar-refractivity contribution >= 4 is 5.91 Å². The lowest BCUT2D eigenvalue weighted by Crippen LogP contribution is -2.33. The molecule has 1 fully saturated rings. The van der Waals surface area contributed by atoms with Gasteiger partial charge < -0.3 is 10.1 Å². The average Bonchev–Trinajstić information content (AvgIpc) is 2.01. The fourth-order valence-corrected chi connectivity index (χ4v) is 1.56. The number of nitrogens with one attached hydrogen (secondary N) is 1. The topological polar surface area (TPSA) is 38.3 Å². The van der Waals surface area contributed by atoms with Crippen LogP contribution in [0.5, 0.6) is 0 Å². The van der Waals surface area contributed by atoms with Gasteiger partial charge in [-0.15, -0.1) is 0 Å². The molecule has 0 aromatic heterocycles. The van der Waals surface area contributed by atoms with E-state index in [9.17, 15) is 4.79 Å². The highest BCUT2D eigenvalue weighted by atomic mass is 16.5.